The number of fused-ring (bicyclic) bond motifs is 1. The molecule has 0 atom stereocenters. The maximum absolute atomic E-state index is 13.3. The van der Waals surface area contributed by atoms with Gasteiger partial charge >= 0.3 is 0 Å². The highest BCUT2D eigenvalue weighted by molar-refractivity contribution is 5.63. The summed E-state index contributed by atoms with van der Waals surface area (Å²) in [5.74, 6) is -1.71. The third-order valence-electron chi connectivity index (χ3n) is 3.54. The highest BCUT2D eigenvalue weighted by Gasteiger charge is 2.15. The van der Waals surface area contributed by atoms with Crippen molar-refractivity contribution in [3.63, 3.8) is 0 Å². The zero-order chi connectivity index (χ0) is 15.2. The molecule has 0 saturated carbocycles. The molecule has 0 spiro atoms. The van der Waals surface area contributed by atoms with E-state index in [9.17, 15) is 8.78 Å². The molecule has 108 valence electrons. The molecule has 0 aliphatic rings. The Morgan fingerprint density at radius 1 is 1.00 bits per heavy atom. The first kappa shape index (κ1) is 13.7. The van der Waals surface area contributed by atoms with Gasteiger partial charge in [-0.15, -0.1) is 0 Å². The molecule has 2 heterocycles. The van der Waals surface area contributed by atoms with Gasteiger partial charge in [0.1, 0.15) is 5.65 Å². The summed E-state index contributed by atoms with van der Waals surface area (Å²) in [5, 5.41) is 0. The van der Waals surface area contributed by atoms with E-state index >= 15 is 0 Å². The third kappa shape index (κ3) is 2.53. The SMILES string of the molecule is CC(C)(C)c1ccn2cc(-c3ccc(F)c(F)c3)nc2c1. The molecule has 2 nitrogen and oxygen atoms in total. The standard InChI is InChI=1S/C17H16F2N2/c1-17(2,3)12-6-7-21-10-15(20-16(21)9-12)11-4-5-13(18)14(19)8-11/h4-10H,1-3H3. The summed E-state index contributed by atoms with van der Waals surface area (Å²) in [6.07, 6.45) is 3.75. The Morgan fingerprint density at radius 2 is 1.76 bits per heavy atom. The molecule has 0 aliphatic heterocycles. The second-order valence-electron chi connectivity index (χ2n) is 6.19. The van der Waals surface area contributed by atoms with Gasteiger partial charge in [-0.2, -0.15) is 0 Å². The number of hydrogen-bond donors (Lipinski definition) is 0. The minimum Gasteiger partial charge on any atom is -0.306 e. The number of hydrogen-bond acceptors (Lipinski definition) is 1. The minimum atomic E-state index is -0.861. The Balaban J connectivity index is 2.10. The van der Waals surface area contributed by atoms with Gasteiger partial charge in [-0.25, -0.2) is 13.8 Å². The fraction of sp³-hybridized carbons (Fsp3) is 0.235. The lowest BCUT2D eigenvalue weighted by Gasteiger charge is -2.18. The van der Waals surface area contributed by atoms with E-state index in [1.165, 1.54) is 17.7 Å². The van der Waals surface area contributed by atoms with Crippen LogP contribution < -0.4 is 0 Å². The Morgan fingerprint density at radius 3 is 2.43 bits per heavy atom. The number of imidazole rings is 1. The molecule has 0 aliphatic carbocycles. The van der Waals surface area contributed by atoms with Gasteiger partial charge in [0, 0.05) is 18.0 Å². The van der Waals surface area contributed by atoms with Gasteiger partial charge in [-0.3, -0.25) is 0 Å². The van der Waals surface area contributed by atoms with E-state index < -0.39 is 11.6 Å². The fourth-order valence-electron chi connectivity index (χ4n) is 2.24. The molecular formula is C17H16F2N2. The second kappa shape index (κ2) is 4.65. The highest BCUT2D eigenvalue weighted by Crippen LogP contribution is 2.25. The van der Waals surface area contributed by atoms with E-state index in [1.54, 1.807) is 0 Å². The van der Waals surface area contributed by atoms with Gasteiger partial charge in [0.15, 0.2) is 11.6 Å². The molecular weight excluding hydrogens is 270 g/mol. The summed E-state index contributed by atoms with van der Waals surface area (Å²) < 4.78 is 28.2. The van der Waals surface area contributed by atoms with Crippen molar-refractivity contribution in [2.24, 2.45) is 0 Å². The van der Waals surface area contributed by atoms with Crippen molar-refractivity contribution in [3.05, 3.63) is 59.9 Å². The molecule has 2 aromatic heterocycles. The van der Waals surface area contributed by atoms with E-state index in [0.29, 0.717) is 11.3 Å². The number of benzene rings is 1. The summed E-state index contributed by atoms with van der Waals surface area (Å²) in [4.78, 5) is 4.50. The van der Waals surface area contributed by atoms with Crippen molar-refractivity contribution in [2.45, 2.75) is 26.2 Å². The molecule has 4 heteroatoms. The summed E-state index contributed by atoms with van der Waals surface area (Å²) in [5.41, 5.74) is 3.20. The number of nitrogens with zero attached hydrogens (tertiary/aromatic N) is 2. The minimum absolute atomic E-state index is 0.0375. The lowest BCUT2D eigenvalue weighted by molar-refractivity contribution is 0.509. The quantitative estimate of drug-likeness (QED) is 0.640. The van der Waals surface area contributed by atoms with Gasteiger partial charge < -0.3 is 4.40 Å². The lowest BCUT2D eigenvalue weighted by Crippen LogP contribution is -2.11. The van der Waals surface area contributed by atoms with Crippen molar-refractivity contribution in [1.82, 2.24) is 9.38 Å². The summed E-state index contributed by atoms with van der Waals surface area (Å²) in [6, 6.07) is 7.88. The van der Waals surface area contributed by atoms with E-state index in [4.69, 9.17) is 0 Å². The van der Waals surface area contributed by atoms with Crippen molar-refractivity contribution < 1.29 is 8.78 Å². The van der Waals surface area contributed by atoms with Crippen LogP contribution >= 0.6 is 0 Å². The molecule has 0 fully saturated rings. The van der Waals surface area contributed by atoms with Crippen LogP contribution in [0.2, 0.25) is 0 Å². The number of halogens is 2. The number of pyridine rings is 1. The Kier molecular flexibility index (Phi) is 3.04. The van der Waals surface area contributed by atoms with Gasteiger partial charge in [0.25, 0.3) is 0 Å². The van der Waals surface area contributed by atoms with Crippen LogP contribution in [-0.4, -0.2) is 9.38 Å². The first-order valence-corrected chi connectivity index (χ1v) is 6.79. The third-order valence-corrected chi connectivity index (χ3v) is 3.54. The molecule has 0 bridgehead atoms. The monoisotopic (exact) mass is 286 g/mol. The molecule has 1 aromatic carbocycles. The molecule has 0 N–H and O–H groups in total. The van der Waals surface area contributed by atoms with Crippen LogP contribution in [0.4, 0.5) is 8.78 Å². The zero-order valence-corrected chi connectivity index (χ0v) is 12.2. The number of aromatic nitrogens is 2. The van der Waals surface area contributed by atoms with Gasteiger partial charge in [0.05, 0.1) is 5.69 Å². The average Bonchev–Trinajstić information content (AvgIpc) is 2.83. The molecule has 21 heavy (non-hydrogen) atoms. The van der Waals surface area contributed by atoms with Crippen molar-refractivity contribution in [3.8, 4) is 11.3 Å². The van der Waals surface area contributed by atoms with Crippen LogP contribution in [0.1, 0.15) is 26.3 Å². The second-order valence-corrected chi connectivity index (χ2v) is 6.19. The maximum Gasteiger partial charge on any atom is 0.159 e. The summed E-state index contributed by atoms with van der Waals surface area (Å²) >= 11 is 0. The molecule has 3 rings (SSSR count). The summed E-state index contributed by atoms with van der Waals surface area (Å²) in [6.45, 7) is 6.41. The molecule has 0 amide bonds. The van der Waals surface area contributed by atoms with Crippen LogP contribution in [0.5, 0.6) is 0 Å². The molecule has 0 saturated heterocycles. The fourth-order valence-corrected chi connectivity index (χ4v) is 2.24. The van der Waals surface area contributed by atoms with Crippen molar-refractivity contribution in [2.75, 3.05) is 0 Å². The molecule has 3 aromatic rings. The van der Waals surface area contributed by atoms with Gasteiger partial charge in [-0.05, 0) is 41.3 Å². The van der Waals surface area contributed by atoms with Crippen LogP contribution in [-0.2, 0) is 5.41 Å². The van der Waals surface area contributed by atoms with E-state index in [1.807, 2.05) is 28.9 Å². The molecule has 0 radical (unpaired) electrons. The maximum atomic E-state index is 13.3. The van der Waals surface area contributed by atoms with Crippen molar-refractivity contribution >= 4 is 5.65 Å². The number of rotatable bonds is 1. The van der Waals surface area contributed by atoms with Crippen LogP contribution in [0.3, 0.4) is 0 Å². The predicted octanol–water partition coefficient (Wildman–Crippen LogP) is 4.58. The van der Waals surface area contributed by atoms with E-state index in [0.717, 1.165) is 11.7 Å². The predicted molar refractivity (Wildman–Crippen MR) is 79.2 cm³/mol. The lowest BCUT2D eigenvalue weighted by atomic mass is 9.88. The van der Waals surface area contributed by atoms with Crippen LogP contribution in [0.25, 0.3) is 16.9 Å². The zero-order valence-electron chi connectivity index (χ0n) is 12.2. The van der Waals surface area contributed by atoms with Gasteiger partial charge in [0.2, 0.25) is 0 Å². The Hall–Kier alpha value is -2.23. The molecule has 0 unspecified atom stereocenters. The summed E-state index contributed by atoms with van der Waals surface area (Å²) in [7, 11) is 0. The van der Waals surface area contributed by atoms with Crippen LogP contribution in [0, 0.1) is 11.6 Å². The topological polar surface area (TPSA) is 17.3 Å². The Labute approximate surface area is 122 Å². The smallest absolute Gasteiger partial charge is 0.159 e. The van der Waals surface area contributed by atoms with Crippen LogP contribution in [0.15, 0.2) is 42.7 Å². The average molecular weight is 286 g/mol. The largest absolute Gasteiger partial charge is 0.306 e. The highest BCUT2D eigenvalue weighted by atomic mass is 19.2. The van der Waals surface area contributed by atoms with E-state index in [-0.39, 0.29) is 5.41 Å². The first-order chi connectivity index (χ1) is 9.84. The Bertz CT molecular complexity index is 813. The van der Waals surface area contributed by atoms with E-state index in [2.05, 4.69) is 25.8 Å². The van der Waals surface area contributed by atoms with Crippen molar-refractivity contribution in [1.29, 1.82) is 0 Å². The first-order valence-electron chi connectivity index (χ1n) is 6.79. The van der Waals surface area contributed by atoms with Gasteiger partial charge in [-0.1, -0.05) is 20.8 Å². The normalized spacial score (nSPS) is 12.0.